The number of rotatable bonds is 4. The lowest BCUT2D eigenvalue weighted by atomic mass is 10.0. The average Bonchev–Trinajstić information content (AvgIpc) is 2.57. The summed E-state index contributed by atoms with van der Waals surface area (Å²) in [5, 5.41) is 3.76. The van der Waals surface area contributed by atoms with Crippen LogP contribution in [-0.4, -0.2) is 24.1 Å². The van der Waals surface area contributed by atoms with E-state index in [1.54, 1.807) is 0 Å². The standard InChI is InChI=1S/C19H25N3/c1-15-6-3-4-8-19(15)22-12-9-18(10-13-22)21-16(2)17-7-5-11-20-14-17/h3-8,11,14,16,18,21H,9-10,12-13H2,1-2H3/t16-/m1/s1. The second-order valence-corrected chi connectivity index (χ2v) is 6.22. The first-order valence-electron chi connectivity index (χ1n) is 8.20. The van der Waals surface area contributed by atoms with Gasteiger partial charge >= 0.3 is 0 Å². The zero-order chi connectivity index (χ0) is 15.4. The highest BCUT2D eigenvalue weighted by Crippen LogP contribution is 2.24. The van der Waals surface area contributed by atoms with Gasteiger partial charge in [-0.05, 0) is 49.9 Å². The van der Waals surface area contributed by atoms with Gasteiger partial charge in [0.15, 0.2) is 0 Å². The molecule has 0 amide bonds. The van der Waals surface area contributed by atoms with Crippen LogP contribution in [0.25, 0.3) is 0 Å². The fourth-order valence-corrected chi connectivity index (χ4v) is 3.29. The molecule has 3 heteroatoms. The Labute approximate surface area is 133 Å². The molecule has 1 aliphatic rings. The number of hydrogen-bond donors (Lipinski definition) is 1. The Morgan fingerprint density at radius 3 is 2.59 bits per heavy atom. The average molecular weight is 295 g/mol. The van der Waals surface area contributed by atoms with Gasteiger partial charge in [-0.3, -0.25) is 4.98 Å². The number of piperidine rings is 1. The third-order valence-corrected chi connectivity index (χ3v) is 4.62. The molecule has 116 valence electrons. The molecule has 0 saturated carbocycles. The predicted molar refractivity (Wildman–Crippen MR) is 92.2 cm³/mol. The van der Waals surface area contributed by atoms with Gasteiger partial charge in [0.25, 0.3) is 0 Å². The molecule has 2 heterocycles. The summed E-state index contributed by atoms with van der Waals surface area (Å²) in [4.78, 5) is 6.73. The van der Waals surface area contributed by atoms with Crippen LogP contribution in [0, 0.1) is 6.92 Å². The number of nitrogens with zero attached hydrogens (tertiary/aromatic N) is 2. The minimum atomic E-state index is 0.365. The number of pyridine rings is 1. The van der Waals surface area contributed by atoms with Gasteiger partial charge in [-0.1, -0.05) is 24.3 Å². The van der Waals surface area contributed by atoms with Crippen molar-refractivity contribution in [1.29, 1.82) is 0 Å². The van der Waals surface area contributed by atoms with Crippen molar-refractivity contribution < 1.29 is 0 Å². The first-order chi connectivity index (χ1) is 10.7. The van der Waals surface area contributed by atoms with Crippen LogP contribution in [0.15, 0.2) is 48.8 Å². The number of aromatic nitrogens is 1. The van der Waals surface area contributed by atoms with Crippen LogP contribution in [-0.2, 0) is 0 Å². The molecule has 1 atom stereocenters. The van der Waals surface area contributed by atoms with Gasteiger partial charge in [-0.2, -0.15) is 0 Å². The van der Waals surface area contributed by atoms with Crippen LogP contribution in [0.5, 0.6) is 0 Å². The van der Waals surface area contributed by atoms with Crippen molar-refractivity contribution in [3.8, 4) is 0 Å². The van der Waals surface area contributed by atoms with Gasteiger partial charge in [0.1, 0.15) is 0 Å². The molecule has 1 aliphatic heterocycles. The number of para-hydroxylation sites is 1. The maximum atomic E-state index is 4.21. The van der Waals surface area contributed by atoms with Crippen molar-refractivity contribution >= 4 is 5.69 Å². The number of aryl methyl sites for hydroxylation is 1. The van der Waals surface area contributed by atoms with Crippen molar-refractivity contribution in [3.05, 3.63) is 59.9 Å². The molecule has 3 rings (SSSR count). The van der Waals surface area contributed by atoms with Gasteiger partial charge < -0.3 is 10.2 Å². The molecule has 1 saturated heterocycles. The minimum Gasteiger partial charge on any atom is -0.371 e. The lowest BCUT2D eigenvalue weighted by Gasteiger charge is -2.36. The highest BCUT2D eigenvalue weighted by atomic mass is 15.2. The molecule has 0 unspecified atom stereocenters. The summed E-state index contributed by atoms with van der Waals surface area (Å²) >= 11 is 0. The van der Waals surface area contributed by atoms with Crippen molar-refractivity contribution in [3.63, 3.8) is 0 Å². The zero-order valence-electron chi connectivity index (χ0n) is 13.5. The number of benzene rings is 1. The van der Waals surface area contributed by atoms with E-state index in [0.717, 1.165) is 13.1 Å². The summed E-state index contributed by atoms with van der Waals surface area (Å²) in [6, 6.07) is 13.8. The van der Waals surface area contributed by atoms with E-state index < -0.39 is 0 Å². The van der Waals surface area contributed by atoms with E-state index in [1.165, 1.54) is 29.7 Å². The van der Waals surface area contributed by atoms with Crippen LogP contribution in [0.4, 0.5) is 5.69 Å². The SMILES string of the molecule is Cc1ccccc1N1CCC(N[C@H](C)c2cccnc2)CC1. The predicted octanol–water partition coefficient (Wildman–Crippen LogP) is 3.71. The molecule has 22 heavy (non-hydrogen) atoms. The van der Waals surface area contributed by atoms with Gasteiger partial charge in [0.05, 0.1) is 0 Å². The van der Waals surface area contributed by atoms with E-state index in [1.807, 2.05) is 18.5 Å². The van der Waals surface area contributed by atoms with E-state index in [0.29, 0.717) is 12.1 Å². The largest absolute Gasteiger partial charge is 0.371 e. The summed E-state index contributed by atoms with van der Waals surface area (Å²) in [6.07, 6.45) is 6.18. The van der Waals surface area contributed by atoms with Gasteiger partial charge in [0.2, 0.25) is 0 Å². The van der Waals surface area contributed by atoms with Gasteiger partial charge in [-0.25, -0.2) is 0 Å². The van der Waals surface area contributed by atoms with Crippen LogP contribution in [0.1, 0.15) is 36.9 Å². The lowest BCUT2D eigenvalue weighted by molar-refractivity contribution is 0.380. The lowest BCUT2D eigenvalue weighted by Crippen LogP contribution is -2.43. The molecule has 1 aromatic carbocycles. The number of hydrogen-bond acceptors (Lipinski definition) is 3. The molecular weight excluding hydrogens is 270 g/mol. The molecule has 3 nitrogen and oxygen atoms in total. The summed E-state index contributed by atoms with van der Waals surface area (Å²) in [7, 11) is 0. The van der Waals surface area contributed by atoms with Crippen LogP contribution in [0.3, 0.4) is 0 Å². The molecule has 1 fully saturated rings. The first kappa shape index (κ1) is 15.0. The van der Waals surface area contributed by atoms with E-state index in [2.05, 4.69) is 59.4 Å². The Bertz CT molecular complexity index is 589. The molecule has 1 N–H and O–H groups in total. The monoisotopic (exact) mass is 295 g/mol. The molecule has 0 bridgehead atoms. The zero-order valence-corrected chi connectivity index (χ0v) is 13.5. The summed E-state index contributed by atoms with van der Waals surface area (Å²) < 4.78 is 0. The van der Waals surface area contributed by atoms with Crippen molar-refractivity contribution in [2.75, 3.05) is 18.0 Å². The molecule has 0 aliphatic carbocycles. The first-order valence-corrected chi connectivity index (χ1v) is 8.20. The maximum Gasteiger partial charge on any atom is 0.0395 e. The van der Waals surface area contributed by atoms with E-state index >= 15 is 0 Å². The van der Waals surface area contributed by atoms with Gasteiger partial charge in [0, 0.05) is 43.3 Å². The molecule has 1 aromatic heterocycles. The maximum absolute atomic E-state index is 4.21. The summed E-state index contributed by atoms with van der Waals surface area (Å²) in [6.45, 7) is 6.68. The van der Waals surface area contributed by atoms with Crippen molar-refractivity contribution in [1.82, 2.24) is 10.3 Å². The quantitative estimate of drug-likeness (QED) is 0.932. The van der Waals surface area contributed by atoms with Crippen molar-refractivity contribution in [2.45, 2.75) is 38.8 Å². The van der Waals surface area contributed by atoms with Crippen LogP contribution in [0.2, 0.25) is 0 Å². The fourth-order valence-electron chi connectivity index (χ4n) is 3.29. The Morgan fingerprint density at radius 1 is 1.14 bits per heavy atom. The number of anilines is 1. The number of nitrogens with one attached hydrogen (secondary N) is 1. The highest BCUT2D eigenvalue weighted by Gasteiger charge is 2.21. The third kappa shape index (κ3) is 3.47. The van der Waals surface area contributed by atoms with E-state index in [-0.39, 0.29) is 0 Å². The Kier molecular flexibility index (Phi) is 4.74. The molecule has 0 radical (unpaired) electrons. The highest BCUT2D eigenvalue weighted by molar-refractivity contribution is 5.53. The van der Waals surface area contributed by atoms with Crippen LogP contribution < -0.4 is 10.2 Å². The molecular formula is C19H25N3. The summed E-state index contributed by atoms with van der Waals surface area (Å²) in [5.41, 5.74) is 4.03. The molecule has 0 spiro atoms. The normalized spacial score (nSPS) is 17.5. The smallest absolute Gasteiger partial charge is 0.0395 e. The second kappa shape index (κ2) is 6.93. The Hall–Kier alpha value is -1.87. The Balaban J connectivity index is 1.55. The Morgan fingerprint density at radius 2 is 1.91 bits per heavy atom. The minimum absolute atomic E-state index is 0.365. The third-order valence-electron chi connectivity index (χ3n) is 4.62. The second-order valence-electron chi connectivity index (χ2n) is 6.22. The van der Waals surface area contributed by atoms with Gasteiger partial charge in [-0.15, -0.1) is 0 Å². The van der Waals surface area contributed by atoms with Crippen LogP contribution >= 0.6 is 0 Å². The van der Waals surface area contributed by atoms with E-state index in [9.17, 15) is 0 Å². The fraction of sp³-hybridized carbons (Fsp3) is 0.421. The summed E-state index contributed by atoms with van der Waals surface area (Å²) in [5.74, 6) is 0. The molecule has 2 aromatic rings. The van der Waals surface area contributed by atoms with Crippen molar-refractivity contribution in [2.24, 2.45) is 0 Å². The van der Waals surface area contributed by atoms with E-state index in [4.69, 9.17) is 0 Å². The topological polar surface area (TPSA) is 28.2 Å².